The summed E-state index contributed by atoms with van der Waals surface area (Å²) in [5.41, 5.74) is -0.636. The van der Waals surface area contributed by atoms with Crippen LogP contribution in [-0.2, 0) is 9.53 Å². The van der Waals surface area contributed by atoms with Crippen LogP contribution in [0.3, 0.4) is 0 Å². The van der Waals surface area contributed by atoms with Crippen LogP contribution in [0.25, 0.3) is 0 Å². The lowest BCUT2D eigenvalue weighted by Gasteiger charge is -2.21. The number of carbonyl (C=O) groups is 2. The molecule has 0 saturated carbocycles. The van der Waals surface area contributed by atoms with Crippen molar-refractivity contribution in [2.45, 2.75) is 32.5 Å². The molecule has 1 aromatic rings. The Labute approximate surface area is 117 Å². The first-order chi connectivity index (χ1) is 9.28. The molecule has 0 aliphatic heterocycles. The van der Waals surface area contributed by atoms with Crippen molar-refractivity contribution in [1.82, 2.24) is 5.32 Å². The molecule has 6 nitrogen and oxygen atoms in total. The fourth-order valence-electron chi connectivity index (χ4n) is 1.33. The Bertz CT molecular complexity index is 452. The molecule has 0 aromatic heterocycles. The number of benzene rings is 1. The Balaban J connectivity index is 2.52. The molecule has 0 bridgehead atoms. The van der Waals surface area contributed by atoms with E-state index in [0.29, 0.717) is 5.75 Å². The van der Waals surface area contributed by atoms with Crippen molar-refractivity contribution in [2.24, 2.45) is 0 Å². The summed E-state index contributed by atoms with van der Waals surface area (Å²) >= 11 is 0. The number of hydrogen-bond donors (Lipinski definition) is 2. The van der Waals surface area contributed by atoms with Gasteiger partial charge in [-0.3, -0.25) is 0 Å². The number of carboxylic acid groups (broad SMARTS) is 1. The van der Waals surface area contributed by atoms with Gasteiger partial charge in [-0.05, 0) is 32.9 Å². The maximum Gasteiger partial charge on any atom is 0.407 e. The Morgan fingerprint density at radius 1 is 1.25 bits per heavy atom. The van der Waals surface area contributed by atoms with Crippen molar-refractivity contribution in [3.63, 3.8) is 0 Å². The Morgan fingerprint density at radius 3 is 2.35 bits per heavy atom. The van der Waals surface area contributed by atoms with Crippen LogP contribution in [-0.4, -0.2) is 35.4 Å². The second-order valence-electron chi connectivity index (χ2n) is 5.14. The van der Waals surface area contributed by atoms with Gasteiger partial charge in [-0.1, -0.05) is 18.2 Å². The first kappa shape index (κ1) is 15.8. The van der Waals surface area contributed by atoms with Gasteiger partial charge in [0, 0.05) is 0 Å². The standard InChI is InChI=1S/C14H19NO5/c1-14(2,3)20-13(18)15-9-11(12(16)17)19-10-7-5-4-6-8-10/h4-8,11H,9H2,1-3H3,(H,15,18)(H,16,17). The minimum Gasteiger partial charge on any atom is -0.478 e. The number of carbonyl (C=O) groups excluding carboxylic acids is 1. The third kappa shape index (κ3) is 6.08. The lowest BCUT2D eigenvalue weighted by atomic mass is 10.2. The average molecular weight is 281 g/mol. The van der Waals surface area contributed by atoms with E-state index in [0.717, 1.165) is 0 Å². The van der Waals surface area contributed by atoms with E-state index in [4.69, 9.17) is 14.6 Å². The molecule has 110 valence electrons. The van der Waals surface area contributed by atoms with Gasteiger partial charge in [0.15, 0.2) is 0 Å². The van der Waals surface area contributed by atoms with Crippen molar-refractivity contribution in [1.29, 1.82) is 0 Å². The molecule has 1 rings (SSSR count). The van der Waals surface area contributed by atoms with Crippen molar-refractivity contribution in [2.75, 3.05) is 6.54 Å². The minimum atomic E-state index is -1.18. The number of amides is 1. The van der Waals surface area contributed by atoms with Crippen molar-refractivity contribution in [3.8, 4) is 5.75 Å². The molecule has 0 radical (unpaired) electrons. The van der Waals surface area contributed by atoms with Gasteiger partial charge in [0.05, 0.1) is 6.54 Å². The molecule has 0 spiro atoms. The minimum absolute atomic E-state index is 0.181. The van der Waals surface area contributed by atoms with Gasteiger partial charge in [0.25, 0.3) is 0 Å². The molecule has 6 heteroatoms. The van der Waals surface area contributed by atoms with E-state index in [1.54, 1.807) is 51.1 Å². The number of hydrogen-bond acceptors (Lipinski definition) is 4. The summed E-state index contributed by atoms with van der Waals surface area (Å²) in [4.78, 5) is 22.5. The molecule has 0 aliphatic carbocycles. The largest absolute Gasteiger partial charge is 0.478 e. The number of para-hydroxylation sites is 1. The number of nitrogens with one attached hydrogen (secondary N) is 1. The van der Waals surface area contributed by atoms with Crippen LogP contribution in [0.15, 0.2) is 30.3 Å². The molecule has 1 unspecified atom stereocenters. The van der Waals surface area contributed by atoms with Crippen LogP contribution in [0.1, 0.15) is 20.8 Å². The first-order valence-corrected chi connectivity index (χ1v) is 6.19. The first-order valence-electron chi connectivity index (χ1n) is 6.19. The second-order valence-corrected chi connectivity index (χ2v) is 5.14. The number of ether oxygens (including phenoxy) is 2. The zero-order valence-corrected chi connectivity index (χ0v) is 11.8. The van der Waals surface area contributed by atoms with Gasteiger partial charge < -0.3 is 19.9 Å². The maximum absolute atomic E-state index is 11.5. The van der Waals surface area contributed by atoms with E-state index in [-0.39, 0.29) is 6.54 Å². The number of aliphatic carboxylic acids is 1. The highest BCUT2D eigenvalue weighted by atomic mass is 16.6. The Morgan fingerprint density at radius 2 is 1.85 bits per heavy atom. The second kappa shape index (κ2) is 6.79. The Kier molecular flexibility index (Phi) is 5.37. The van der Waals surface area contributed by atoms with Gasteiger partial charge in [-0.15, -0.1) is 0 Å². The molecule has 2 N–H and O–H groups in total. The molecular formula is C14H19NO5. The predicted molar refractivity (Wildman–Crippen MR) is 72.7 cm³/mol. The van der Waals surface area contributed by atoms with Crippen LogP contribution < -0.4 is 10.1 Å². The highest BCUT2D eigenvalue weighted by Gasteiger charge is 2.22. The monoisotopic (exact) mass is 281 g/mol. The lowest BCUT2D eigenvalue weighted by Crippen LogP contribution is -2.42. The van der Waals surface area contributed by atoms with Crippen LogP contribution >= 0.6 is 0 Å². The zero-order chi connectivity index (χ0) is 15.2. The van der Waals surface area contributed by atoms with E-state index >= 15 is 0 Å². The van der Waals surface area contributed by atoms with Gasteiger partial charge in [0.1, 0.15) is 11.4 Å². The van der Waals surface area contributed by atoms with E-state index < -0.39 is 23.8 Å². The van der Waals surface area contributed by atoms with Gasteiger partial charge in [-0.2, -0.15) is 0 Å². The third-order valence-corrected chi connectivity index (χ3v) is 2.13. The fourth-order valence-corrected chi connectivity index (χ4v) is 1.33. The van der Waals surface area contributed by atoms with E-state index in [9.17, 15) is 9.59 Å². The van der Waals surface area contributed by atoms with Crippen molar-refractivity contribution in [3.05, 3.63) is 30.3 Å². The molecule has 0 heterocycles. The molecule has 1 aromatic carbocycles. The van der Waals surface area contributed by atoms with Gasteiger partial charge in [-0.25, -0.2) is 9.59 Å². The normalized spacial score (nSPS) is 12.3. The lowest BCUT2D eigenvalue weighted by molar-refractivity contribution is -0.144. The molecule has 0 saturated heterocycles. The number of rotatable bonds is 5. The van der Waals surface area contributed by atoms with E-state index in [1.165, 1.54) is 0 Å². The van der Waals surface area contributed by atoms with Crippen LogP contribution in [0.4, 0.5) is 4.79 Å². The molecule has 1 amide bonds. The molecule has 0 fully saturated rings. The average Bonchev–Trinajstić information content (AvgIpc) is 2.33. The highest BCUT2D eigenvalue weighted by Crippen LogP contribution is 2.11. The zero-order valence-electron chi connectivity index (χ0n) is 11.8. The molecular weight excluding hydrogens is 262 g/mol. The molecule has 0 aliphatic rings. The van der Waals surface area contributed by atoms with Gasteiger partial charge >= 0.3 is 12.1 Å². The van der Waals surface area contributed by atoms with Crippen LogP contribution in [0.5, 0.6) is 5.75 Å². The Hall–Kier alpha value is -2.24. The summed E-state index contributed by atoms with van der Waals surface area (Å²) < 4.78 is 10.3. The van der Waals surface area contributed by atoms with Crippen molar-refractivity contribution >= 4 is 12.1 Å². The van der Waals surface area contributed by atoms with Gasteiger partial charge in [0.2, 0.25) is 6.10 Å². The maximum atomic E-state index is 11.5. The predicted octanol–water partition coefficient (Wildman–Crippen LogP) is 2.04. The third-order valence-electron chi connectivity index (χ3n) is 2.13. The summed E-state index contributed by atoms with van der Waals surface area (Å²) in [6.07, 6.45) is -1.86. The highest BCUT2D eigenvalue weighted by molar-refractivity contribution is 5.75. The SMILES string of the molecule is CC(C)(C)OC(=O)NCC(Oc1ccccc1)C(=O)O. The summed E-state index contributed by atoms with van der Waals surface area (Å²) in [5, 5.41) is 11.4. The number of carboxylic acids is 1. The molecule has 1 atom stereocenters. The fraction of sp³-hybridized carbons (Fsp3) is 0.429. The molecule has 20 heavy (non-hydrogen) atoms. The van der Waals surface area contributed by atoms with Crippen molar-refractivity contribution < 1.29 is 24.2 Å². The summed E-state index contributed by atoms with van der Waals surface area (Å²) in [6, 6.07) is 8.54. The summed E-state index contributed by atoms with van der Waals surface area (Å²) in [5.74, 6) is -0.740. The van der Waals surface area contributed by atoms with Crippen LogP contribution in [0.2, 0.25) is 0 Å². The topological polar surface area (TPSA) is 84.9 Å². The van der Waals surface area contributed by atoms with E-state index in [1.807, 2.05) is 0 Å². The summed E-state index contributed by atoms with van der Waals surface area (Å²) in [6.45, 7) is 4.99. The summed E-state index contributed by atoms with van der Waals surface area (Å²) in [7, 11) is 0. The quantitative estimate of drug-likeness (QED) is 0.862. The number of alkyl carbamates (subject to hydrolysis) is 1. The van der Waals surface area contributed by atoms with E-state index in [2.05, 4.69) is 5.32 Å². The van der Waals surface area contributed by atoms with Crippen LogP contribution in [0, 0.1) is 0 Å². The smallest absolute Gasteiger partial charge is 0.407 e.